The third kappa shape index (κ3) is 5.21. The standard InChI is InChI=1S/C16H21N3O3S/c1-13(8-9-14-6-4-3-5-7-14)10-16(20)18-23(21,22)15-11-17-19(2)12-15/h3-7,11-13H,8-10H2,1-2H3,(H,18,20). The van der Waals surface area contributed by atoms with Crippen molar-refractivity contribution in [2.75, 3.05) is 0 Å². The number of aromatic nitrogens is 2. The van der Waals surface area contributed by atoms with Gasteiger partial charge in [0.2, 0.25) is 5.91 Å². The molecule has 1 aromatic heterocycles. The highest BCUT2D eigenvalue weighted by atomic mass is 32.2. The van der Waals surface area contributed by atoms with Crippen molar-refractivity contribution in [2.45, 2.75) is 31.1 Å². The molecule has 0 aliphatic carbocycles. The second-order valence-corrected chi connectivity index (χ2v) is 7.39. The summed E-state index contributed by atoms with van der Waals surface area (Å²) in [6, 6.07) is 10.0. The highest BCUT2D eigenvalue weighted by Gasteiger charge is 2.20. The quantitative estimate of drug-likeness (QED) is 0.838. The van der Waals surface area contributed by atoms with Crippen LogP contribution >= 0.6 is 0 Å². The van der Waals surface area contributed by atoms with Gasteiger partial charge >= 0.3 is 0 Å². The Morgan fingerprint density at radius 1 is 1.30 bits per heavy atom. The predicted octanol–water partition coefficient (Wildman–Crippen LogP) is 1.88. The third-order valence-corrected chi connectivity index (χ3v) is 4.87. The first-order valence-electron chi connectivity index (χ1n) is 7.45. The number of amides is 1. The second-order valence-electron chi connectivity index (χ2n) is 5.71. The fraction of sp³-hybridized carbons (Fsp3) is 0.375. The Morgan fingerprint density at radius 3 is 2.61 bits per heavy atom. The van der Waals surface area contributed by atoms with Gasteiger partial charge in [0.05, 0.1) is 6.20 Å². The zero-order valence-corrected chi connectivity index (χ0v) is 14.1. The van der Waals surface area contributed by atoms with Crippen molar-refractivity contribution < 1.29 is 13.2 Å². The van der Waals surface area contributed by atoms with E-state index in [9.17, 15) is 13.2 Å². The van der Waals surface area contributed by atoms with Crippen LogP contribution in [0.3, 0.4) is 0 Å². The molecule has 1 aromatic carbocycles. The molecule has 0 spiro atoms. The summed E-state index contributed by atoms with van der Waals surface area (Å²) in [5, 5.41) is 3.80. The lowest BCUT2D eigenvalue weighted by Crippen LogP contribution is -2.31. The highest BCUT2D eigenvalue weighted by molar-refractivity contribution is 7.90. The number of hydrogen-bond acceptors (Lipinski definition) is 4. The first-order valence-corrected chi connectivity index (χ1v) is 8.93. The number of sulfonamides is 1. The van der Waals surface area contributed by atoms with Gasteiger partial charge in [0.15, 0.2) is 0 Å². The lowest BCUT2D eigenvalue weighted by atomic mass is 9.98. The summed E-state index contributed by atoms with van der Waals surface area (Å²) >= 11 is 0. The van der Waals surface area contributed by atoms with Crippen LogP contribution in [0.1, 0.15) is 25.3 Å². The molecule has 0 saturated heterocycles. The van der Waals surface area contributed by atoms with Gasteiger partial charge in [-0.1, -0.05) is 37.3 Å². The van der Waals surface area contributed by atoms with Gasteiger partial charge in [-0.25, -0.2) is 13.1 Å². The Labute approximate surface area is 136 Å². The van der Waals surface area contributed by atoms with Gasteiger partial charge < -0.3 is 0 Å². The Kier molecular flexibility index (Phi) is 5.54. The lowest BCUT2D eigenvalue weighted by molar-refractivity contribution is -0.120. The van der Waals surface area contributed by atoms with Crippen molar-refractivity contribution in [1.82, 2.24) is 14.5 Å². The number of rotatable bonds is 7. The number of carbonyl (C=O) groups is 1. The fourth-order valence-corrected chi connectivity index (χ4v) is 3.24. The van der Waals surface area contributed by atoms with E-state index in [0.29, 0.717) is 0 Å². The van der Waals surface area contributed by atoms with Gasteiger partial charge in [0.25, 0.3) is 10.0 Å². The van der Waals surface area contributed by atoms with Crippen molar-refractivity contribution >= 4 is 15.9 Å². The number of carbonyl (C=O) groups excluding carboxylic acids is 1. The van der Waals surface area contributed by atoms with Gasteiger partial charge in [0.1, 0.15) is 4.90 Å². The maximum atomic E-state index is 12.0. The number of nitrogens with one attached hydrogen (secondary N) is 1. The molecule has 0 radical (unpaired) electrons. The Morgan fingerprint density at radius 2 is 2.00 bits per heavy atom. The molecule has 1 unspecified atom stereocenters. The zero-order valence-electron chi connectivity index (χ0n) is 13.3. The molecule has 1 atom stereocenters. The summed E-state index contributed by atoms with van der Waals surface area (Å²) in [6.07, 6.45) is 4.43. The van der Waals surface area contributed by atoms with Crippen molar-refractivity contribution in [2.24, 2.45) is 13.0 Å². The lowest BCUT2D eigenvalue weighted by Gasteiger charge is -2.11. The smallest absolute Gasteiger partial charge is 0.267 e. The minimum absolute atomic E-state index is 0.00899. The Hall–Kier alpha value is -2.15. The number of hydrogen-bond donors (Lipinski definition) is 1. The molecular weight excluding hydrogens is 314 g/mol. The Bertz CT molecular complexity index is 754. The monoisotopic (exact) mass is 335 g/mol. The van der Waals surface area contributed by atoms with E-state index in [1.54, 1.807) is 7.05 Å². The molecule has 7 heteroatoms. The highest BCUT2D eigenvalue weighted by Crippen LogP contribution is 2.14. The van der Waals surface area contributed by atoms with Crippen LogP contribution in [0, 0.1) is 5.92 Å². The maximum absolute atomic E-state index is 12.0. The van der Waals surface area contributed by atoms with Gasteiger partial charge in [-0.05, 0) is 24.3 Å². The molecule has 6 nitrogen and oxygen atoms in total. The van der Waals surface area contributed by atoms with Crippen molar-refractivity contribution in [3.63, 3.8) is 0 Å². The SMILES string of the molecule is CC(CCc1ccccc1)CC(=O)NS(=O)(=O)c1cnn(C)c1. The minimum atomic E-state index is -3.83. The van der Waals surface area contributed by atoms with Gasteiger partial charge in [0, 0.05) is 19.7 Å². The first kappa shape index (κ1) is 17.2. The second kappa shape index (κ2) is 7.41. The van der Waals surface area contributed by atoms with Crippen LogP contribution in [0.4, 0.5) is 0 Å². The van der Waals surface area contributed by atoms with E-state index in [-0.39, 0.29) is 17.2 Å². The molecule has 0 aliphatic heterocycles. The van der Waals surface area contributed by atoms with E-state index in [0.717, 1.165) is 12.8 Å². The van der Waals surface area contributed by atoms with E-state index < -0.39 is 15.9 Å². The predicted molar refractivity (Wildman–Crippen MR) is 87.1 cm³/mol. The largest absolute Gasteiger partial charge is 0.274 e. The summed E-state index contributed by atoms with van der Waals surface area (Å²) in [4.78, 5) is 11.9. The van der Waals surface area contributed by atoms with E-state index in [1.807, 2.05) is 37.3 Å². The summed E-state index contributed by atoms with van der Waals surface area (Å²) in [5.41, 5.74) is 1.21. The molecule has 0 aliphatic rings. The van der Waals surface area contributed by atoms with Crippen LogP contribution in [-0.2, 0) is 28.3 Å². The maximum Gasteiger partial charge on any atom is 0.267 e. The van der Waals surface area contributed by atoms with Crippen molar-refractivity contribution in [3.05, 3.63) is 48.3 Å². The average molecular weight is 335 g/mol. The van der Waals surface area contributed by atoms with Crippen LogP contribution in [0.25, 0.3) is 0 Å². The molecule has 2 rings (SSSR count). The molecule has 1 N–H and O–H groups in total. The van der Waals surface area contributed by atoms with Gasteiger partial charge in [-0.3, -0.25) is 9.48 Å². The van der Waals surface area contributed by atoms with Crippen molar-refractivity contribution in [3.8, 4) is 0 Å². The van der Waals surface area contributed by atoms with Crippen LogP contribution in [0.2, 0.25) is 0 Å². The molecule has 0 saturated carbocycles. The summed E-state index contributed by atoms with van der Waals surface area (Å²) in [5.74, 6) is -0.395. The summed E-state index contributed by atoms with van der Waals surface area (Å²) < 4.78 is 27.5. The normalized spacial score (nSPS) is 12.8. The summed E-state index contributed by atoms with van der Waals surface area (Å²) in [6.45, 7) is 1.94. The van der Waals surface area contributed by atoms with E-state index >= 15 is 0 Å². The average Bonchev–Trinajstić information content (AvgIpc) is 2.93. The zero-order chi connectivity index (χ0) is 16.9. The fourth-order valence-electron chi connectivity index (χ4n) is 2.26. The van der Waals surface area contributed by atoms with Gasteiger partial charge in [-0.2, -0.15) is 5.10 Å². The molecule has 1 heterocycles. The number of benzene rings is 1. The van der Waals surface area contributed by atoms with Gasteiger partial charge in [-0.15, -0.1) is 0 Å². The molecule has 23 heavy (non-hydrogen) atoms. The third-order valence-electron chi connectivity index (χ3n) is 3.54. The minimum Gasteiger partial charge on any atom is -0.274 e. The topological polar surface area (TPSA) is 81.1 Å². The summed E-state index contributed by atoms with van der Waals surface area (Å²) in [7, 11) is -2.22. The molecule has 1 amide bonds. The first-order chi connectivity index (χ1) is 10.9. The van der Waals surface area contributed by atoms with Crippen LogP contribution < -0.4 is 4.72 Å². The molecule has 2 aromatic rings. The molecule has 0 fully saturated rings. The van der Waals surface area contributed by atoms with E-state index in [4.69, 9.17) is 0 Å². The Balaban J connectivity index is 1.84. The van der Waals surface area contributed by atoms with Crippen LogP contribution in [0.15, 0.2) is 47.6 Å². The molecule has 0 bridgehead atoms. The van der Waals surface area contributed by atoms with Crippen LogP contribution in [-0.4, -0.2) is 24.1 Å². The van der Waals surface area contributed by atoms with E-state index in [2.05, 4.69) is 9.82 Å². The number of aryl methyl sites for hydroxylation is 2. The van der Waals surface area contributed by atoms with Crippen molar-refractivity contribution in [1.29, 1.82) is 0 Å². The van der Waals surface area contributed by atoms with E-state index in [1.165, 1.54) is 22.6 Å². The molecule has 124 valence electrons. The number of nitrogens with zero attached hydrogens (tertiary/aromatic N) is 2. The van der Waals surface area contributed by atoms with Crippen LogP contribution in [0.5, 0.6) is 0 Å². The molecular formula is C16H21N3O3S.